The predicted octanol–water partition coefficient (Wildman–Crippen LogP) is 6.69. The normalized spacial score (nSPS) is 17.8. The van der Waals surface area contributed by atoms with Gasteiger partial charge in [0, 0.05) is 29.5 Å². The van der Waals surface area contributed by atoms with Gasteiger partial charge in [0.25, 0.3) is 0 Å². The zero-order valence-corrected chi connectivity index (χ0v) is 19.5. The minimum atomic E-state index is -0.370. The first-order valence-electron chi connectivity index (χ1n) is 10.5. The molecule has 160 valence electrons. The third-order valence-electron chi connectivity index (χ3n) is 5.92. The summed E-state index contributed by atoms with van der Waals surface area (Å²) in [6.07, 6.45) is 3.98. The van der Waals surface area contributed by atoms with Crippen LogP contribution in [0.1, 0.15) is 73.5 Å². The van der Waals surface area contributed by atoms with Gasteiger partial charge in [0.05, 0.1) is 23.4 Å². The number of ether oxygens (including phenoxy) is 1. The van der Waals surface area contributed by atoms with Crippen molar-refractivity contribution in [1.82, 2.24) is 0 Å². The number of carbonyl (C=O) groups excluding carboxylic acids is 1. The SMILES string of the molecule is CCCN1c2cc(Cl)c(C=Nc3cc(C(=O)OC)ccc3C)cc2C(C)CC1(C)C. The smallest absolute Gasteiger partial charge is 0.337 e. The zero-order valence-electron chi connectivity index (χ0n) is 18.8. The fourth-order valence-corrected chi connectivity index (χ4v) is 4.61. The van der Waals surface area contributed by atoms with E-state index >= 15 is 0 Å². The average molecular weight is 427 g/mol. The molecular weight excluding hydrogens is 396 g/mol. The first kappa shape index (κ1) is 22.4. The van der Waals surface area contributed by atoms with Gasteiger partial charge in [-0.2, -0.15) is 0 Å². The molecule has 1 aliphatic rings. The summed E-state index contributed by atoms with van der Waals surface area (Å²) in [5.41, 5.74) is 5.73. The average Bonchev–Trinajstić information content (AvgIpc) is 2.70. The Morgan fingerprint density at radius 1 is 1.33 bits per heavy atom. The monoisotopic (exact) mass is 426 g/mol. The third-order valence-corrected chi connectivity index (χ3v) is 6.25. The Labute approximate surface area is 184 Å². The second-order valence-electron chi connectivity index (χ2n) is 8.75. The van der Waals surface area contributed by atoms with Crippen LogP contribution in [0, 0.1) is 6.92 Å². The second-order valence-corrected chi connectivity index (χ2v) is 9.16. The Balaban J connectivity index is 2.00. The number of halogens is 1. The van der Waals surface area contributed by atoms with Crippen molar-refractivity contribution in [3.8, 4) is 0 Å². The summed E-state index contributed by atoms with van der Waals surface area (Å²) in [5, 5.41) is 0.685. The fraction of sp³-hybridized carbons (Fsp3) is 0.440. The van der Waals surface area contributed by atoms with Crippen LogP contribution < -0.4 is 4.90 Å². The van der Waals surface area contributed by atoms with Crippen LogP contribution in [0.25, 0.3) is 0 Å². The number of aliphatic imine (C=N–C) groups is 1. The maximum absolute atomic E-state index is 11.8. The van der Waals surface area contributed by atoms with E-state index in [9.17, 15) is 4.79 Å². The van der Waals surface area contributed by atoms with Crippen LogP contribution >= 0.6 is 11.6 Å². The largest absolute Gasteiger partial charge is 0.465 e. The lowest BCUT2D eigenvalue weighted by Gasteiger charge is -2.47. The highest BCUT2D eigenvalue weighted by molar-refractivity contribution is 6.33. The van der Waals surface area contributed by atoms with Gasteiger partial charge >= 0.3 is 5.97 Å². The van der Waals surface area contributed by atoms with Gasteiger partial charge in [0.15, 0.2) is 0 Å². The number of rotatable bonds is 5. The van der Waals surface area contributed by atoms with Crippen molar-refractivity contribution in [2.24, 2.45) is 4.99 Å². The first-order valence-corrected chi connectivity index (χ1v) is 10.9. The molecule has 0 saturated heterocycles. The number of anilines is 1. The molecule has 0 radical (unpaired) electrons. The van der Waals surface area contributed by atoms with Gasteiger partial charge in [0.1, 0.15) is 0 Å². The molecule has 4 nitrogen and oxygen atoms in total. The maximum atomic E-state index is 11.8. The van der Waals surface area contributed by atoms with Crippen molar-refractivity contribution in [1.29, 1.82) is 0 Å². The molecule has 0 bridgehead atoms. The van der Waals surface area contributed by atoms with Gasteiger partial charge in [0.2, 0.25) is 0 Å². The summed E-state index contributed by atoms with van der Waals surface area (Å²) in [7, 11) is 1.38. The summed E-state index contributed by atoms with van der Waals surface area (Å²) < 4.78 is 4.82. The van der Waals surface area contributed by atoms with Crippen molar-refractivity contribution >= 4 is 35.2 Å². The Bertz CT molecular complexity index is 981. The highest BCUT2D eigenvalue weighted by Gasteiger charge is 2.36. The van der Waals surface area contributed by atoms with Crippen LogP contribution in [0.5, 0.6) is 0 Å². The zero-order chi connectivity index (χ0) is 22.1. The topological polar surface area (TPSA) is 41.9 Å². The Hall–Kier alpha value is -2.33. The molecule has 1 heterocycles. The molecule has 0 saturated carbocycles. The highest BCUT2D eigenvalue weighted by Crippen LogP contribution is 2.45. The van der Waals surface area contributed by atoms with Crippen molar-refractivity contribution in [3.05, 3.63) is 57.6 Å². The number of benzene rings is 2. The van der Waals surface area contributed by atoms with E-state index in [1.165, 1.54) is 18.4 Å². The number of nitrogens with zero attached hydrogens (tertiary/aromatic N) is 2. The van der Waals surface area contributed by atoms with E-state index in [4.69, 9.17) is 16.3 Å². The summed E-state index contributed by atoms with van der Waals surface area (Å²) in [6, 6.07) is 9.63. The van der Waals surface area contributed by atoms with Crippen molar-refractivity contribution < 1.29 is 9.53 Å². The van der Waals surface area contributed by atoms with E-state index in [1.54, 1.807) is 18.3 Å². The summed E-state index contributed by atoms with van der Waals surface area (Å²) in [4.78, 5) is 19.0. The van der Waals surface area contributed by atoms with E-state index in [2.05, 4.69) is 49.7 Å². The molecule has 2 aromatic rings. The number of fused-ring (bicyclic) bond motifs is 1. The molecule has 0 aromatic heterocycles. The van der Waals surface area contributed by atoms with Crippen LogP contribution in [0.3, 0.4) is 0 Å². The lowest BCUT2D eigenvalue weighted by molar-refractivity contribution is 0.0601. The molecule has 1 aliphatic heterocycles. The molecule has 2 aromatic carbocycles. The molecule has 0 N–H and O–H groups in total. The molecule has 0 amide bonds. The second kappa shape index (κ2) is 8.81. The summed E-state index contributed by atoms with van der Waals surface area (Å²) in [6.45, 7) is 12.1. The number of hydrogen-bond acceptors (Lipinski definition) is 4. The molecule has 1 atom stereocenters. The van der Waals surface area contributed by atoms with E-state index in [-0.39, 0.29) is 11.5 Å². The van der Waals surface area contributed by atoms with Crippen molar-refractivity contribution in [3.63, 3.8) is 0 Å². The Morgan fingerprint density at radius 2 is 2.07 bits per heavy atom. The molecule has 1 unspecified atom stereocenters. The fourth-order valence-electron chi connectivity index (χ4n) is 4.40. The molecule has 30 heavy (non-hydrogen) atoms. The Morgan fingerprint density at radius 3 is 2.73 bits per heavy atom. The lowest BCUT2D eigenvalue weighted by Crippen LogP contribution is -2.48. The van der Waals surface area contributed by atoms with Gasteiger partial charge in [-0.25, -0.2) is 4.79 Å². The number of aryl methyl sites for hydroxylation is 1. The van der Waals surface area contributed by atoms with Gasteiger partial charge in [-0.3, -0.25) is 4.99 Å². The first-order chi connectivity index (χ1) is 14.2. The molecule has 5 heteroatoms. The van der Waals surface area contributed by atoms with E-state index in [0.717, 1.165) is 36.2 Å². The quantitative estimate of drug-likeness (QED) is 0.395. The summed E-state index contributed by atoms with van der Waals surface area (Å²) >= 11 is 6.69. The van der Waals surface area contributed by atoms with Gasteiger partial charge in [-0.05, 0) is 74.9 Å². The van der Waals surface area contributed by atoms with Crippen LogP contribution in [-0.4, -0.2) is 31.4 Å². The Kier molecular flexibility index (Phi) is 6.56. The molecule has 0 aliphatic carbocycles. The third kappa shape index (κ3) is 4.39. The van der Waals surface area contributed by atoms with Crippen molar-refractivity contribution in [2.75, 3.05) is 18.6 Å². The van der Waals surface area contributed by atoms with Crippen LogP contribution in [0.15, 0.2) is 35.3 Å². The van der Waals surface area contributed by atoms with E-state index in [1.807, 2.05) is 13.0 Å². The highest BCUT2D eigenvalue weighted by atomic mass is 35.5. The predicted molar refractivity (Wildman–Crippen MR) is 126 cm³/mol. The molecule has 3 rings (SSSR count). The molecule has 0 fully saturated rings. The number of methoxy groups -OCH3 is 1. The van der Waals surface area contributed by atoms with Crippen molar-refractivity contribution in [2.45, 2.75) is 58.9 Å². The lowest BCUT2D eigenvalue weighted by atomic mass is 9.79. The maximum Gasteiger partial charge on any atom is 0.337 e. The molecule has 0 spiro atoms. The standard InChI is InChI=1S/C25H31ClN2O2/c1-7-10-28-23-13-21(26)19(11-20(23)17(3)14-25(28,4)5)15-27-22-12-18(24(29)30-6)9-8-16(22)2/h8-9,11-13,15,17H,7,10,14H2,1-6H3. The molecular formula is C25H31ClN2O2. The minimum Gasteiger partial charge on any atom is -0.465 e. The van der Waals surface area contributed by atoms with Crippen LogP contribution in [0.4, 0.5) is 11.4 Å². The van der Waals surface area contributed by atoms with E-state index < -0.39 is 0 Å². The summed E-state index contributed by atoms with van der Waals surface area (Å²) in [5.74, 6) is 0.0719. The van der Waals surface area contributed by atoms with Crippen LogP contribution in [0.2, 0.25) is 5.02 Å². The van der Waals surface area contributed by atoms with Gasteiger partial charge in [-0.1, -0.05) is 31.5 Å². The van der Waals surface area contributed by atoms with Crippen LogP contribution in [-0.2, 0) is 4.74 Å². The van der Waals surface area contributed by atoms with Gasteiger partial charge in [-0.15, -0.1) is 0 Å². The number of hydrogen-bond donors (Lipinski definition) is 0. The number of carbonyl (C=O) groups is 1. The number of esters is 1. The minimum absolute atomic E-state index is 0.104. The van der Waals surface area contributed by atoms with E-state index in [0.29, 0.717) is 16.5 Å². The van der Waals surface area contributed by atoms with Gasteiger partial charge < -0.3 is 9.64 Å².